The second kappa shape index (κ2) is 6.45. The standard InChI is InChI=1S/C24H23NO/c1-17-13-14-21(15-18(17)2)25-23(26)22-16-24(22,19-9-5-3-6-10-19)20-11-7-4-8-12-20/h3-15,22H,16H2,1-2H3,(H,25,26). The predicted molar refractivity (Wildman–Crippen MR) is 106 cm³/mol. The van der Waals surface area contributed by atoms with E-state index in [1.807, 2.05) is 24.3 Å². The molecule has 26 heavy (non-hydrogen) atoms. The van der Waals surface area contributed by atoms with Crippen molar-refractivity contribution in [1.29, 1.82) is 0 Å². The van der Waals surface area contributed by atoms with Gasteiger partial charge in [-0.05, 0) is 54.7 Å². The maximum Gasteiger partial charge on any atom is 0.228 e. The summed E-state index contributed by atoms with van der Waals surface area (Å²) >= 11 is 0. The zero-order valence-corrected chi connectivity index (χ0v) is 15.2. The molecule has 1 saturated carbocycles. The molecule has 2 heteroatoms. The van der Waals surface area contributed by atoms with Crippen molar-refractivity contribution in [3.8, 4) is 0 Å². The summed E-state index contributed by atoms with van der Waals surface area (Å²) in [6, 6.07) is 26.9. The van der Waals surface area contributed by atoms with Crippen LogP contribution in [-0.2, 0) is 10.2 Å². The van der Waals surface area contributed by atoms with Gasteiger partial charge < -0.3 is 5.32 Å². The Morgan fingerprint density at radius 2 is 1.42 bits per heavy atom. The minimum Gasteiger partial charge on any atom is -0.326 e. The van der Waals surface area contributed by atoms with Crippen molar-refractivity contribution in [3.05, 3.63) is 101 Å². The van der Waals surface area contributed by atoms with Crippen LogP contribution < -0.4 is 5.32 Å². The number of carbonyl (C=O) groups excluding carboxylic acids is 1. The SMILES string of the molecule is Cc1ccc(NC(=O)C2CC2(c2ccccc2)c2ccccc2)cc1C. The van der Waals surface area contributed by atoms with E-state index in [2.05, 4.69) is 73.8 Å². The van der Waals surface area contributed by atoms with E-state index < -0.39 is 0 Å². The average molecular weight is 341 g/mol. The van der Waals surface area contributed by atoms with E-state index >= 15 is 0 Å². The summed E-state index contributed by atoms with van der Waals surface area (Å²) in [4.78, 5) is 13.0. The van der Waals surface area contributed by atoms with Crippen LogP contribution in [0.4, 0.5) is 5.69 Å². The van der Waals surface area contributed by atoms with Crippen LogP contribution in [0.25, 0.3) is 0 Å². The first-order valence-corrected chi connectivity index (χ1v) is 9.10. The van der Waals surface area contributed by atoms with Crippen LogP contribution >= 0.6 is 0 Å². The number of aryl methyl sites for hydroxylation is 2. The van der Waals surface area contributed by atoms with Crippen molar-refractivity contribution >= 4 is 11.6 Å². The van der Waals surface area contributed by atoms with Crippen molar-refractivity contribution in [1.82, 2.24) is 0 Å². The van der Waals surface area contributed by atoms with Gasteiger partial charge in [0.25, 0.3) is 0 Å². The predicted octanol–water partition coefficient (Wildman–Crippen LogP) is 5.25. The molecule has 0 aliphatic heterocycles. The maximum absolute atomic E-state index is 13.0. The van der Waals surface area contributed by atoms with Crippen molar-refractivity contribution in [2.45, 2.75) is 25.7 Å². The molecule has 0 saturated heterocycles. The summed E-state index contributed by atoms with van der Waals surface area (Å²) in [5.74, 6) is 0.0508. The maximum atomic E-state index is 13.0. The number of benzene rings is 3. The summed E-state index contributed by atoms with van der Waals surface area (Å²) < 4.78 is 0. The van der Waals surface area contributed by atoms with Gasteiger partial charge in [-0.25, -0.2) is 0 Å². The second-order valence-corrected chi connectivity index (χ2v) is 7.25. The van der Waals surface area contributed by atoms with E-state index in [4.69, 9.17) is 0 Å². The minimum absolute atomic E-state index is 0.0473. The molecule has 0 aromatic heterocycles. The fourth-order valence-electron chi connectivity index (χ4n) is 3.90. The molecule has 3 aromatic carbocycles. The molecule has 0 bridgehead atoms. The largest absolute Gasteiger partial charge is 0.326 e. The zero-order chi connectivity index (χ0) is 18.1. The van der Waals surface area contributed by atoms with Gasteiger partial charge in [0.05, 0.1) is 5.92 Å². The Hall–Kier alpha value is -2.87. The molecule has 1 aliphatic rings. The molecule has 1 fully saturated rings. The molecule has 1 unspecified atom stereocenters. The Balaban J connectivity index is 1.64. The summed E-state index contributed by atoms with van der Waals surface area (Å²) in [5.41, 5.74) is 5.51. The van der Waals surface area contributed by atoms with Crippen LogP contribution in [0.15, 0.2) is 78.9 Å². The number of rotatable bonds is 4. The summed E-state index contributed by atoms with van der Waals surface area (Å²) in [6.45, 7) is 4.15. The second-order valence-electron chi connectivity index (χ2n) is 7.25. The minimum atomic E-state index is -0.216. The van der Waals surface area contributed by atoms with Crippen LogP contribution in [-0.4, -0.2) is 5.91 Å². The van der Waals surface area contributed by atoms with Crippen molar-refractivity contribution in [2.75, 3.05) is 5.32 Å². The normalized spacial score (nSPS) is 17.5. The molecule has 0 spiro atoms. The van der Waals surface area contributed by atoms with Gasteiger partial charge in [0.15, 0.2) is 0 Å². The van der Waals surface area contributed by atoms with Crippen molar-refractivity contribution in [2.24, 2.45) is 5.92 Å². The number of anilines is 1. The van der Waals surface area contributed by atoms with Crippen LogP contribution in [0.3, 0.4) is 0 Å². The molecule has 0 heterocycles. The molecule has 2 nitrogen and oxygen atoms in total. The third kappa shape index (κ3) is 2.82. The highest BCUT2D eigenvalue weighted by atomic mass is 16.2. The van der Waals surface area contributed by atoms with E-state index in [1.165, 1.54) is 22.3 Å². The van der Waals surface area contributed by atoms with Crippen molar-refractivity contribution in [3.63, 3.8) is 0 Å². The first-order valence-electron chi connectivity index (χ1n) is 9.10. The van der Waals surface area contributed by atoms with Crippen LogP contribution in [0.2, 0.25) is 0 Å². The lowest BCUT2D eigenvalue weighted by molar-refractivity contribution is -0.117. The number of hydrogen-bond donors (Lipinski definition) is 1. The lowest BCUT2D eigenvalue weighted by atomic mass is 9.85. The summed E-state index contributed by atoms with van der Waals surface area (Å²) in [5, 5.41) is 3.13. The van der Waals surface area contributed by atoms with Gasteiger partial charge in [-0.3, -0.25) is 4.79 Å². The first kappa shape index (κ1) is 16.6. The lowest BCUT2D eigenvalue weighted by Crippen LogP contribution is -2.22. The van der Waals surface area contributed by atoms with Gasteiger partial charge in [-0.1, -0.05) is 66.7 Å². The first-order chi connectivity index (χ1) is 12.6. The van der Waals surface area contributed by atoms with Crippen molar-refractivity contribution < 1.29 is 4.79 Å². The van der Waals surface area contributed by atoms with E-state index in [9.17, 15) is 4.79 Å². The molecule has 1 N–H and O–H groups in total. The van der Waals surface area contributed by atoms with Crippen LogP contribution in [0, 0.1) is 19.8 Å². The van der Waals surface area contributed by atoms with Gasteiger partial charge in [0, 0.05) is 11.1 Å². The molecule has 1 aliphatic carbocycles. The quantitative estimate of drug-likeness (QED) is 0.690. The number of hydrogen-bond acceptors (Lipinski definition) is 1. The highest BCUT2D eigenvalue weighted by Crippen LogP contribution is 2.59. The van der Waals surface area contributed by atoms with Gasteiger partial charge in [0.1, 0.15) is 0 Å². The molecule has 130 valence electrons. The fraction of sp³-hybridized carbons (Fsp3) is 0.208. The Labute approximate surface area is 154 Å². The molecule has 4 rings (SSSR count). The Morgan fingerprint density at radius 3 is 1.96 bits per heavy atom. The van der Waals surface area contributed by atoms with Crippen LogP contribution in [0.1, 0.15) is 28.7 Å². The molecule has 0 radical (unpaired) electrons. The average Bonchev–Trinajstić information content (AvgIpc) is 3.43. The van der Waals surface area contributed by atoms with Gasteiger partial charge in [0.2, 0.25) is 5.91 Å². The smallest absolute Gasteiger partial charge is 0.228 e. The molecular formula is C24H23NO. The van der Waals surface area contributed by atoms with E-state index in [-0.39, 0.29) is 17.2 Å². The summed E-state index contributed by atoms with van der Waals surface area (Å²) in [7, 11) is 0. The van der Waals surface area contributed by atoms with E-state index in [1.54, 1.807) is 0 Å². The topological polar surface area (TPSA) is 29.1 Å². The zero-order valence-electron chi connectivity index (χ0n) is 15.2. The molecular weight excluding hydrogens is 318 g/mol. The Morgan fingerprint density at radius 1 is 0.846 bits per heavy atom. The van der Waals surface area contributed by atoms with Crippen LogP contribution in [0.5, 0.6) is 0 Å². The number of carbonyl (C=O) groups is 1. The summed E-state index contributed by atoms with van der Waals surface area (Å²) in [6.07, 6.45) is 0.845. The lowest BCUT2D eigenvalue weighted by Gasteiger charge is -2.19. The third-order valence-corrected chi connectivity index (χ3v) is 5.63. The Kier molecular flexibility index (Phi) is 4.12. The van der Waals surface area contributed by atoms with Gasteiger partial charge in [-0.15, -0.1) is 0 Å². The van der Waals surface area contributed by atoms with Gasteiger partial charge in [-0.2, -0.15) is 0 Å². The fourth-order valence-corrected chi connectivity index (χ4v) is 3.90. The molecule has 1 atom stereocenters. The Bertz CT molecular complexity index is 891. The molecule has 1 amide bonds. The monoisotopic (exact) mass is 341 g/mol. The molecule has 3 aromatic rings. The number of amides is 1. The van der Waals surface area contributed by atoms with E-state index in [0.717, 1.165) is 12.1 Å². The highest BCUT2D eigenvalue weighted by molar-refractivity contribution is 5.97. The van der Waals surface area contributed by atoms with E-state index in [0.29, 0.717) is 0 Å². The third-order valence-electron chi connectivity index (χ3n) is 5.63. The number of nitrogens with one attached hydrogen (secondary N) is 1. The van der Waals surface area contributed by atoms with Gasteiger partial charge >= 0.3 is 0 Å². The highest BCUT2D eigenvalue weighted by Gasteiger charge is 2.60.